The van der Waals surface area contributed by atoms with Gasteiger partial charge in [-0.1, -0.05) is 0 Å². The fourth-order valence-electron chi connectivity index (χ4n) is 3.14. The van der Waals surface area contributed by atoms with Gasteiger partial charge in [0.2, 0.25) is 0 Å². The number of aromatic nitrogens is 1. The monoisotopic (exact) mass is 474 g/mol. The number of nitrogens with zero attached hydrogens (tertiary/aromatic N) is 4. The zero-order chi connectivity index (χ0) is 24.9. The summed E-state index contributed by atoms with van der Waals surface area (Å²) in [5.74, 6) is 4.25. The third kappa shape index (κ3) is 4.90. The number of hydrazone groups is 1. The van der Waals surface area contributed by atoms with Crippen LogP contribution in [-0.2, 0) is 11.5 Å². The number of ether oxygens (including phenoxy) is 1. The van der Waals surface area contributed by atoms with Crippen molar-refractivity contribution in [3.63, 3.8) is 0 Å². The highest BCUT2D eigenvalue weighted by Gasteiger charge is 2.58. The third-order valence-corrected chi connectivity index (χ3v) is 4.80. The Labute approximate surface area is 191 Å². The van der Waals surface area contributed by atoms with E-state index in [-0.39, 0.29) is 5.75 Å². The lowest BCUT2D eigenvalue weighted by molar-refractivity contribution is -0.203. The summed E-state index contributed by atoms with van der Waals surface area (Å²) < 4.78 is 64.6. The van der Waals surface area contributed by atoms with Gasteiger partial charge < -0.3 is 15.7 Å². The van der Waals surface area contributed by atoms with Gasteiger partial charge in [0.15, 0.2) is 5.60 Å². The van der Waals surface area contributed by atoms with Gasteiger partial charge >= 0.3 is 5.92 Å². The number of hydrogen-bond acceptors (Lipinski definition) is 7. The average Bonchev–Trinajstić information content (AvgIpc) is 2.80. The minimum Gasteiger partial charge on any atom is -0.456 e. The van der Waals surface area contributed by atoms with Crippen molar-refractivity contribution < 1.29 is 27.4 Å². The number of rotatable bonds is 8. The third-order valence-electron chi connectivity index (χ3n) is 4.80. The summed E-state index contributed by atoms with van der Waals surface area (Å²) >= 11 is 0. The van der Waals surface area contributed by atoms with E-state index in [1.54, 1.807) is 0 Å². The van der Waals surface area contributed by atoms with Gasteiger partial charge in [-0.3, -0.25) is 9.99 Å². The Morgan fingerprint density at radius 2 is 1.79 bits per heavy atom. The normalized spacial score (nSPS) is 13.3. The first kappa shape index (κ1) is 24.4. The van der Waals surface area contributed by atoms with E-state index in [2.05, 4.69) is 10.1 Å². The van der Waals surface area contributed by atoms with Crippen LogP contribution in [0, 0.1) is 23.0 Å². The fourth-order valence-corrected chi connectivity index (χ4v) is 3.14. The molecule has 34 heavy (non-hydrogen) atoms. The molecule has 1 atom stereocenters. The molecule has 0 fully saturated rings. The Morgan fingerprint density at radius 1 is 1.12 bits per heavy atom. The minimum atomic E-state index is -4.22. The predicted molar refractivity (Wildman–Crippen MR) is 113 cm³/mol. The molecule has 12 heteroatoms. The maximum Gasteiger partial charge on any atom is 0.323 e. The number of halogens is 4. The molecule has 176 valence electrons. The van der Waals surface area contributed by atoms with E-state index in [0.29, 0.717) is 28.5 Å². The minimum absolute atomic E-state index is 0.0801. The summed E-state index contributed by atoms with van der Waals surface area (Å²) in [4.78, 5) is 3.67. The standard InChI is InChI=1S/C22H18F4N6O2/c23-15-3-7-18(19(24)9-15)21(33,12-32(29)13-31-28)22(25,26)20-8-6-17(11-30-20)34-16-4-1-14(10-27)2-5-16/h1-9,11,13,33H,12,28-29H2/b31-13-. The molecule has 0 saturated heterocycles. The number of hydrogen-bond donors (Lipinski definition) is 3. The van der Waals surface area contributed by atoms with Gasteiger partial charge in [-0.15, -0.1) is 0 Å². The van der Waals surface area contributed by atoms with Crippen LogP contribution in [0.3, 0.4) is 0 Å². The molecule has 0 bridgehead atoms. The number of aliphatic hydroxyl groups is 1. The van der Waals surface area contributed by atoms with Crippen molar-refractivity contribution in [2.75, 3.05) is 6.54 Å². The highest BCUT2D eigenvalue weighted by Crippen LogP contribution is 2.46. The largest absolute Gasteiger partial charge is 0.456 e. The fraction of sp³-hybridized carbons (Fsp3) is 0.136. The molecule has 3 rings (SSSR count). The highest BCUT2D eigenvalue weighted by molar-refractivity contribution is 5.53. The lowest BCUT2D eigenvalue weighted by atomic mass is 9.84. The Hall–Kier alpha value is -4.21. The van der Waals surface area contributed by atoms with Gasteiger partial charge in [0.1, 0.15) is 35.2 Å². The second-order valence-electron chi connectivity index (χ2n) is 7.11. The Balaban J connectivity index is 1.97. The highest BCUT2D eigenvalue weighted by atomic mass is 19.3. The van der Waals surface area contributed by atoms with Crippen molar-refractivity contribution in [2.45, 2.75) is 11.5 Å². The molecule has 2 aromatic carbocycles. The molecule has 8 nitrogen and oxygen atoms in total. The smallest absolute Gasteiger partial charge is 0.323 e. The van der Waals surface area contributed by atoms with E-state index in [0.717, 1.165) is 30.7 Å². The molecule has 1 unspecified atom stereocenters. The van der Waals surface area contributed by atoms with E-state index < -0.39 is 41.0 Å². The number of nitrogens with two attached hydrogens (primary N) is 2. The van der Waals surface area contributed by atoms with Crippen molar-refractivity contribution in [1.82, 2.24) is 9.99 Å². The zero-order valence-electron chi connectivity index (χ0n) is 17.4. The quantitative estimate of drug-likeness (QED) is 0.150. The molecule has 0 aliphatic carbocycles. The average molecular weight is 474 g/mol. The topological polar surface area (TPSA) is 134 Å². The summed E-state index contributed by atoms with van der Waals surface area (Å²) in [6.45, 7) is -1.07. The van der Waals surface area contributed by atoms with Crippen molar-refractivity contribution in [2.24, 2.45) is 16.8 Å². The Morgan fingerprint density at radius 3 is 2.35 bits per heavy atom. The summed E-state index contributed by atoms with van der Waals surface area (Å²) in [6.07, 6.45) is 1.72. The predicted octanol–water partition coefficient (Wildman–Crippen LogP) is 3.08. The first-order chi connectivity index (χ1) is 16.1. The van der Waals surface area contributed by atoms with E-state index in [4.69, 9.17) is 21.7 Å². The molecule has 0 aliphatic rings. The molecule has 0 aliphatic heterocycles. The number of hydrazine groups is 1. The van der Waals surface area contributed by atoms with Crippen LogP contribution in [0.1, 0.15) is 16.8 Å². The molecular formula is C22H18F4N6O2. The molecule has 5 N–H and O–H groups in total. The first-order valence-electron chi connectivity index (χ1n) is 9.55. The van der Waals surface area contributed by atoms with Gasteiger partial charge in [-0.05, 0) is 48.5 Å². The summed E-state index contributed by atoms with van der Waals surface area (Å²) in [5, 5.41) is 23.5. The van der Waals surface area contributed by atoms with Crippen molar-refractivity contribution in [3.8, 4) is 17.6 Å². The van der Waals surface area contributed by atoms with E-state index in [1.165, 1.54) is 24.3 Å². The van der Waals surface area contributed by atoms with E-state index in [1.807, 2.05) is 6.07 Å². The lowest BCUT2D eigenvalue weighted by Crippen LogP contribution is -2.53. The van der Waals surface area contributed by atoms with Crippen LogP contribution in [0.2, 0.25) is 0 Å². The summed E-state index contributed by atoms with van der Waals surface area (Å²) in [5.41, 5.74) is -4.76. The van der Waals surface area contributed by atoms with Gasteiger partial charge in [0.05, 0.1) is 24.4 Å². The second-order valence-corrected chi connectivity index (χ2v) is 7.11. The van der Waals surface area contributed by atoms with E-state index in [9.17, 15) is 13.9 Å². The number of pyridine rings is 1. The number of benzene rings is 2. The molecule has 0 radical (unpaired) electrons. The lowest BCUT2D eigenvalue weighted by Gasteiger charge is -2.37. The van der Waals surface area contributed by atoms with Crippen LogP contribution in [0.5, 0.6) is 11.5 Å². The van der Waals surface area contributed by atoms with Crippen LogP contribution in [0.15, 0.2) is 65.9 Å². The molecule has 1 heterocycles. The van der Waals surface area contributed by atoms with Crippen molar-refractivity contribution in [1.29, 1.82) is 5.26 Å². The zero-order valence-corrected chi connectivity index (χ0v) is 17.4. The van der Waals surface area contributed by atoms with Crippen LogP contribution < -0.4 is 16.4 Å². The van der Waals surface area contributed by atoms with Crippen molar-refractivity contribution >= 4 is 6.34 Å². The molecule has 0 amide bonds. The Bertz CT molecular complexity index is 1220. The molecule has 0 spiro atoms. The van der Waals surface area contributed by atoms with Gasteiger partial charge in [0.25, 0.3) is 0 Å². The second kappa shape index (κ2) is 9.74. The van der Waals surface area contributed by atoms with Gasteiger partial charge in [-0.2, -0.15) is 19.1 Å². The van der Waals surface area contributed by atoms with Gasteiger partial charge in [0, 0.05) is 11.6 Å². The molecule has 3 aromatic rings. The van der Waals surface area contributed by atoms with Crippen LogP contribution in [0.4, 0.5) is 17.6 Å². The SMILES string of the molecule is N#Cc1ccc(Oc2ccc(C(F)(F)C(O)(CN(N)/C=N\N)c3ccc(F)cc3F)nc2)cc1. The number of alkyl halides is 2. The van der Waals surface area contributed by atoms with Crippen LogP contribution in [0.25, 0.3) is 0 Å². The maximum atomic E-state index is 15.6. The molecular weight excluding hydrogens is 456 g/mol. The summed E-state index contributed by atoms with van der Waals surface area (Å²) in [7, 11) is 0. The first-order valence-corrected chi connectivity index (χ1v) is 9.55. The molecule has 1 aromatic heterocycles. The molecule has 0 saturated carbocycles. The van der Waals surface area contributed by atoms with Crippen molar-refractivity contribution in [3.05, 3.63) is 89.2 Å². The van der Waals surface area contributed by atoms with Crippen LogP contribution in [-0.4, -0.2) is 28.0 Å². The van der Waals surface area contributed by atoms with Gasteiger partial charge in [-0.25, -0.2) is 14.6 Å². The maximum absolute atomic E-state index is 15.6. The Kier molecular flexibility index (Phi) is 7.00. The number of nitriles is 1. The summed E-state index contributed by atoms with van der Waals surface area (Å²) in [6, 6.07) is 11.8. The van der Waals surface area contributed by atoms with E-state index >= 15 is 8.78 Å². The van der Waals surface area contributed by atoms with Crippen LogP contribution >= 0.6 is 0 Å².